The highest BCUT2D eigenvalue weighted by molar-refractivity contribution is 5.79. The second kappa shape index (κ2) is 5.50. The second-order valence-electron chi connectivity index (χ2n) is 3.36. The number of rotatable bonds is 6. The largest absolute Gasteiger partial charge is 0.368 e. The molecule has 1 atom stereocenters. The first-order valence-electron chi connectivity index (χ1n) is 5.21. The molecule has 84 valence electrons. The van der Waals surface area contributed by atoms with Crippen LogP contribution in [0.15, 0.2) is 12.4 Å². The number of amides is 1. The lowest BCUT2D eigenvalue weighted by molar-refractivity contribution is -0.120. The lowest BCUT2D eigenvalue weighted by atomic mass is 10.2. The van der Waals surface area contributed by atoms with Gasteiger partial charge in [0.15, 0.2) is 0 Å². The van der Waals surface area contributed by atoms with Crippen LogP contribution in [0.25, 0.3) is 0 Å². The zero-order chi connectivity index (χ0) is 11.3. The van der Waals surface area contributed by atoms with Gasteiger partial charge in [0, 0.05) is 25.4 Å². The number of nitrogens with two attached hydrogens (primary N) is 1. The summed E-state index contributed by atoms with van der Waals surface area (Å²) in [5.74, 6) is 0.645. The van der Waals surface area contributed by atoms with E-state index in [1.807, 2.05) is 24.6 Å². The first kappa shape index (κ1) is 11.7. The van der Waals surface area contributed by atoms with Crippen molar-refractivity contribution in [2.24, 2.45) is 5.73 Å². The number of aromatic nitrogens is 2. The zero-order valence-corrected chi connectivity index (χ0v) is 9.23. The Kier molecular flexibility index (Phi) is 4.30. The predicted octanol–water partition coefficient (Wildman–Crippen LogP) is -0.0911. The van der Waals surface area contributed by atoms with Gasteiger partial charge in [-0.25, -0.2) is 4.98 Å². The molecule has 0 bridgehead atoms. The average molecular weight is 210 g/mol. The van der Waals surface area contributed by atoms with E-state index in [0.717, 1.165) is 18.8 Å². The fourth-order valence-corrected chi connectivity index (χ4v) is 1.52. The highest BCUT2D eigenvalue weighted by Crippen LogP contribution is 2.00. The van der Waals surface area contributed by atoms with Gasteiger partial charge in [0.2, 0.25) is 5.91 Å². The Morgan fingerprint density at radius 3 is 2.93 bits per heavy atom. The van der Waals surface area contributed by atoms with E-state index in [1.165, 1.54) is 0 Å². The van der Waals surface area contributed by atoms with Crippen molar-refractivity contribution >= 4 is 5.91 Å². The van der Waals surface area contributed by atoms with Crippen LogP contribution in [0.5, 0.6) is 0 Å². The number of aryl methyl sites for hydroxylation is 1. The van der Waals surface area contributed by atoms with Crippen molar-refractivity contribution in [1.29, 1.82) is 0 Å². The van der Waals surface area contributed by atoms with Crippen LogP contribution in [-0.2, 0) is 17.8 Å². The molecule has 1 rings (SSSR count). The number of primary amides is 1. The summed E-state index contributed by atoms with van der Waals surface area (Å²) in [6, 6.07) is -0.325. The van der Waals surface area contributed by atoms with E-state index in [4.69, 9.17) is 5.73 Å². The van der Waals surface area contributed by atoms with Crippen LogP contribution in [0.2, 0.25) is 0 Å². The quantitative estimate of drug-likeness (QED) is 0.689. The van der Waals surface area contributed by atoms with Gasteiger partial charge in [-0.15, -0.1) is 0 Å². The topological polar surface area (TPSA) is 72.9 Å². The monoisotopic (exact) mass is 210 g/mol. The van der Waals surface area contributed by atoms with E-state index in [1.54, 1.807) is 6.20 Å². The molecule has 0 saturated heterocycles. The number of likely N-dealkylation sites (N-methyl/N-ethyl adjacent to an activating group) is 1. The van der Waals surface area contributed by atoms with Gasteiger partial charge in [0.1, 0.15) is 11.9 Å². The molecule has 0 aromatic carbocycles. The molecule has 15 heavy (non-hydrogen) atoms. The third-order valence-corrected chi connectivity index (χ3v) is 2.29. The van der Waals surface area contributed by atoms with E-state index in [2.05, 4.69) is 10.3 Å². The molecule has 5 nitrogen and oxygen atoms in total. The lowest BCUT2D eigenvalue weighted by Gasteiger charge is -2.16. The van der Waals surface area contributed by atoms with Gasteiger partial charge in [-0.2, -0.15) is 0 Å². The Morgan fingerprint density at radius 1 is 1.67 bits per heavy atom. The molecule has 1 aromatic rings. The molecule has 1 heterocycles. The highest BCUT2D eigenvalue weighted by Gasteiger charge is 2.15. The SMILES string of the molecule is CCNC(Cn1ccnc1CC)C(N)=O. The van der Waals surface area contributed by atoms with Crippen molar-refractivity contribution in [3.63, 3.8) is 0 Å². The van der Waals surface area contributed by atoms with Crippen LogP contribution in [0.3, 0.4) is 0 Å². The second-order valence-corrected chi connectivity index (χ2v) is 3.36. The van der Waals surface area contributed by atoms with Crippen molar-refractivity contribution in [3.05, 3.63) is 18.2 Å². The van der Waals surface area contributed by atoms with Gasteiger partial charge < -0.3 is 15.6 Å². The summed E-state index contributed by atoms with van der Waals surface area (Å²) in [5, 5.41) is 3.05. The number of nitrogens with zero attached hydrogens (tertiary/aromatic N) is 2. The number of carbonyl (C=O) groups is 1. The van der Waals surface area contributed by atoms with Crippen LogP contribution in [-0.4, -0.2) is 28.0 Å². The fourth-order valence-electron chi connectivity index (χ4n) is 1.52. The summed E-state index contributed by atoms with van der Waals surface area (Å²) in [5.41, 5.74) is 5.30. The molecule has 0 fully saturated rings. The molecular weight excluding hydrogens is 192 g/mol. The maximum Gasteiger partial charge on any atom is 0.236 e. The normalized spacial score (nSPS) is 12.7. The van der Waals surface area contributed by atoms with Gasteiger partial charge in [-0.3, -0.25) is 4.79 Å². The van der Waals surface area contributed by atoms with Gasteiger partial charge in [0.25, 0.3) is 0 Å². The first-order valence-corrected chi connectivity index (χ1v) is 5.21. The van der Waals surface area contributed by atoms with Crippen LogP contribution < -0.4 is 11.1 Å². The molecule has 0 spiro atoms. The summed E-state index contributed by atoms with van der Waals surface area (Å²) in [4.78, 5) is 15.3. The number of imidazole rings is 1. The maximum absolute atomic E-state index is 11.1. The summed E-state index contributed by atoms with van der Waals surface area (Å²) < 4.78 is 1.96. The van der Waals surface area contributed by atoms with Gasteiger partial charge >= 0.3 is 0 Å². The van der Waals surface area contributed by atoms with E-state index >= 15 is 0 Å². The third kappa shape index (κ3) is 3.06. The van der Waals surface area contributed by atoms with Crippen LogP contribution in [0, 0.1) is 0 Å². The van der Waals surface area contributed by atoms with Crippen molar-refractivity contribution in [2.45, 2.75) is 32.9 Å². The Bertz CT molecular complexity index is 321. The smallest absolute Gasteiger partial charge is 0.236 e. The zero-order valence-electron chi connectivity index (χ0n) is 9.23. The molecule has 3 N–H and O–H groups in total. The van der Waals surface area contributed by atoms with Crippen LogP contribution >= 0.6 is 0 Å². The molecule has 0 radical (unpaired) electrons. The summed E-state index contributed by atoms with van der Waals surface area (Å²) >= 11 is 0. The summed E-state index contributed by atoms with van der Waals surface area (Å²) in [6.45, 7) is 5.26. The minimum absolute atomic E-state index is 0.325. The van der Waals surface area contributed by atoms with Crippen molar-refractivity contribution in [1.82, 2.24) is 14.9 Å². The number of hydrogen-bond acceptors (Lipinski definition) is 3. The van der Waals surface area contributed by atoms with E-state index in [9.17, 15) is 4.79 Å². The van der Waals surface area contributed by atoms with Crippen LogP contribution in [0.4, 0.5) is 0 Å². The molecule has 0 aliphatic rings. The molecule has 1 aromatic heterocycles. The van der Waals surface area contributed by atoms with Gasteiger partial charge in [-0.1, -0.05) is 13.8 Å². The van der Waals surface area contributed by atoms with Crippen LogP contribution in [0.1, 0.15) is 19.7 Å². The summed E-state index contributed by atoms with van der Waals surface area (Å²) in [7, 11) is 0. The minimum atomic E-state index is -0.326. The third-order valence-electron chi connectivity index (χ3n) is 2.29. The van der Waals surface area contributed by atoms with E-state index < -0.39 is 0 Å². The number of nitrogens with one attached hydrogen (secondary N) is 1. The van der Waals surface area contributed by atoms with E-state index in [-0.39, 0.29) is 11.9 Å². The lowest BCUT2D eigenvalue weighted by Crippen LogP contribution is -2.44. The van der Waals surface area contributed by atoms with Crippen molar-refractivity contribution in [2.75, 3.05) is 6.54 Å². The molecule has 0 aliphatic carbocycles. The standard InChI is InChI=1S/C10H18N4O/c1-3-9-13-5-6-14(9)7-8(10(11)15)12-4-2/h5-6,8,12H,3-4,7H2,1-2H3,(H2,11,15). The molecular formula is C10H18N4O. The molecule has 0 aliphatic heterocycles. The molecule has 1 unspecified atom stereocenters. The first-order chi connectivity index (χ1) is 7.19. The van der Waals surface area contributed by atoms with Crippen molar-refractivity contribution in [3.8, 4) is 0 Å². The van der Waals surface area contributed by atoms with E-state index in [0.29, 0.717) is 6.54 Å². The Balaban J connectivity index is 2.69. The molecule has 0 saturated carbocycles. The summed E-state index contributed by atoms with van der Waals surface area (Å²) in [6.07, 6.45) is 4.46. The average Bonchev–Trinajstić information content (AvgIpc) is 2.64. The predicted molar refractivity (Wildman–Crippen MR) is 58.3 cm³/mol. The van der Waals surface area contributed by atoms with Gasteiger partial charge in [-0.05, 0) is 6.54 Å². The molecule has 1 amide bonds. The maximum atomic E-state index is 11.1. The van der Waals surface area contributed by atoms with Crippen molar-refractivity contribution < 1.29 is 4.79 Å². The highest BCUT2D eigenvalue weighted by atomic mass is 16.1. The number of hydrogen-bond donors (Lipinski definition) is 2. The molecule has 5 heteroatoms. The minimum Gasteiger partial charge on any atom is -0.368 e. The Labute approximate surface area is 89.7 Å². The Morgan fingerprint density at radius 2 is 2.40 bits per heavy atom. The number of carbonyl (C=O) groups excluding carboxylic acids is 1. The Hall–Kier alpha value is -1.36. The van der Waals surface area contributed by atoms with Gasteiger partial charge in [0.05, 0.1) is 0 Å². The fraction of sp³-hybridized carbons (Fsp3) is 0.600.